The fourth-order valence-corrected chi connectivity index (χ4v) is 8.80. The van der Waals surface area contributed by atoms with Gasteiger partial charge in [-0.25, -0.2) is 0 Å². The van der Waals surface area contributed by atoms with Gasteiger partial charge in [-0.3, -0.25) is 9.59 Å². The Morgan fingerprint density at radius 3 is 1.72 bits per heavy atom. The summed E-state index contributed by atoms with van der Waals surface area (Å²) in [7, 11) is -4.11. The largest absolute Gasteiger partial charge is 0.544 e. The van der Waals surface area contributed by atoms with Crippen molar-refractivity contribution in [2.45, 2.75) is 129 Å². The number of carbonyl (C=O) groups excluding carboxylic acids is 2. The van der Waals surface area contributed by atoms with Gasteiger partial charge in [0.25, 0.3) is 0 Å². The number of fused-ring (bicyclic) bond motifs is 1. The number of Topliss-reactive ketones (excluding diaryl/α,β-unsaturated/α-hetero) is 1. The van der Waals surface area contributed by atoms with Gasteiger partial charge in [0.15, 0.2) is 11.5 Å². The molecule has 0 heterocycles. The first-order valence-corrected chi connectivity index (χ1v) is 20.6. The number of unbranched alkanes of at least 4 members (excludes halogenated alkanes) is 10. The summed E-state index contributed by atoms with van der Waals surface area (Å²) < 4.78 is 12.8. The van der Waals surface area contributed by atoms with Crippen molar-refractivity contribution in [2.24, 2.45) is 0 Å². The maximum atomic E-state index is 13.3. The van der Waals surface area contributed by atoms with E-state index in [-0.39, 0.29) is 17.3 Å². The minimum Gasteiger partial charge on any atom is -0.544 e. The molecule has 1 aliphatic carbocycles. The molecule has 36 heavy (non-hydrogen) atoms. The maximum Gasteiger partial charge on any atom is 0.245 e. The molecule has 4 nitrogen and oxygen atoms in total. The Labute approximate surface area is 222 Å². The van der Waals surface area contributed by atoms with Crippen molar-refractivity contribution < 1.29 is 18.4 Å². The van der Waals surface area contributed by atoms with E-state index in [0.717, 1.165) is 24.9 Å². The van der Waals surface area contributed by atoms with Crippen LogP contribution in [0.2, 0.25) is 38.3 Å². The second kappa shape index (κ2) is 14.9. The minimum atomic E-state index is -2.10. The lowest BCUT2D eigenvalue weighted by atomic mass is 9.93. The van der Waals surface area contributed by atoms with Crippen LogP contribution in [0.5, 0.6) is 5.75 Å². The highest BCUT2D eigenvalue weighted by molar-refractivity contribution is 6.72. The van der Waals surface area contributed by atoms with Crippen molar-refractivity contribution >= 4 is 28.2 Å². The SMILES string of the molecule is CCCCCCCC[Si](C)(C)OC1=CC(=O)c2c(O[Si](C)(C)CCCCCCCC)cccc2C1=O. The van der Waals surface area contributed by atoms with Crippen LogP contribution in [-0.4, -0.2) is 28.2 Å². The molecule has 0 aromatic heterocycles. The number of hydrogen-bond donors (Lipinski definition) is 0. The van der Waals surface area contributed by atoms with Crippen molar-refractivity contribution in [1.82, 2.24) is 0 Å². The topological polar surface area (TPSA) is 52.6 Å². The fraction of sp³-hybridized carbons (Fsp3) is 0.667. The molecule has 0 bridgehead atoms. The zero-order chi connectivity index (χ0) is 26.6. The highest BCUT2D eigenvalue weighted by Crippen LogP contribution is 2.34. The number of carbonyl (C=O) groups is 2. The Morgan fingerprint density at radius 2 is 1.17 bits per heavy atom. The minimum absolute atomic E-state index is 0.177. The summed E-state index contributed by atoms with van der Waals surface area (Å²) in [5, 5.41) is 0. The Morgan fingerprint density at radius 1 is 0.667 bits per heavy atom. The van der Waals surface area contributed by atoms with Crippen LogP contribution in [0.25, 0.3) is 0 Å². The average Bonchev–Trinajstić information content (AvgIpc) is 2.81. The first kappa shape index (κ1) is 30.6. The summed E-state index contributed by atoms with van der Waals surface area (Å²) in [4.78, 5) is 26.5. The van der Waals surface area contributed by atoms with Gasteiger partial charge in [-0.15, -0.1) is 0 Å². The molecule has 1 aromatic carbocycles. The van der Waals surface area contributed by atoms with Crippen molar-refractivity contribution in [3.8, 4) is 5.75 Å². The molecule has 0 aliphatic heterocycles. The molecule has 0 saturated carbocycles. The average molecular weight is 531 g/mol. The van der Waals surface area contributed by atoms with Gasteiger partial charge in [0.05, 0.1) is 5.56 Å². The van der Waals surface area contributed by atoms with Crippen LogP contribution in [0.4, 0.5) is 0 Å². The maximum absolute atomic E-state index is 13.3. The van der Waals surface area contributed by atoms with Crippen molar-refractivity contribution in [3.63, 3.8) is 0 Å². The van der Waals surface area contributed by atoms with Gasteiger partial charge in [-0.2, -0.15) is 0 Å². The molecule has 1 aromatic rings. The van der Waals surface area contributed by atoms with Crippen molar-refractivity contribution in [3.05, 3.63) is 41.2 Å². The number of rotatable bonds is 18. The molecule has 0 N–H and O–H groups in total. The normalized spacial score (nSPS) is 14.0. The summed E-state index contributed by atoms with van der Waals surface area (Å²) in [6.45, 7) is 13.2. The van der Waals surface area contributed by atoms with Gasteiger partial charge >= 0.3 is 0 Å². The van der Waals surface area contributed by atoms with Gasteiger partial charge in [-0.1, -0.05) is 97.0 Å². The summed E-state index contributed by atoms with van der Waals surface area (Å²) in [5.41, 5.74) is 0.831. The van der Waals surface area contributed by atoms with E-state index in [1.807, 2.05) is 12.1 Å². The summed E-state index contributed by atoms with van der Waals surface area (Å²) in [5.74, 6) is 0.418. The third kappa shape index (κ3) is 10.0. The van der Waals surface area contributed by atoms with E-state index in [2.05, 4.69) is 40.0 Å². The monoisotopic (exact) mass is 530 g/mol. The molecular weight excluding hydrogens is 480 g/mol. The van der Waals surface area contributed by atoms with Gasteiger partial charge in [0.1, 0.15) is 5.75 Å². The van der Waals surface area contributed by atoms with E-state index in [9.17, 15) is 9.59 Å². The molecule has 0 spiro atoms. The first-order chi connectivity index (χ1) is 17.1. The number of hydrogen-bond acceptors (Lipinski definition) is 4. The molecule has 1 aliphatic rings. The lowest BCUT2D eigenvalue weighted by Crippen LogP contribution is -2.36. The Hall–Kier alpha value is -1.67. The highest BCUT2D eigenvalue weighted by atomic mass is 28.4. The summed E-state index contributed by atoms with van der Waals surface area (Å²) >= 11 is 0. The quantitative estimate of drug-likeness (QED) is 0.140. The molecule has 0 saturated heterocycles. The standard InChI is InChI=1S/C30H50O4Si2/c1-7-9-11-13-15-17-22-35(3,4)33-27-21-19-20-25-29(27)26(31)24-28(30(25)32)34-36(5,6)23-18-16-14-12-10-8-2/h19-21,24H,7-18,22-23H2,1-6H3. The molecule has 6 heteroatoms. The predicted octanol–water partition coefficient (Wildman–Crippen LogP) is 9.48. The number of benzene rings is 1. The predicted molar refractivity (Wildman–Crippen MR) is 156 cm³/mol. The van der Waals surface area contributed by atoms with E-state index in [4.69, 9.17) is 8.85 Å². The van der Waals surface area contributed by atoms with E-state index < -0.39 is 16.6 Å². The number of allylic oxidation sites excluding steroid dienone is 2. The van der Waals surface area contributed by atoms with Crippen LogP contribution < -0.4 is 4.43 Å². The molecular formula is C30H50O4Si2. The van der Waals surface area contributed by atoms with Gasteiger partial charge < -0.3 is 8.85 Å². The molecule has 0 amide bonds. The number of ketones is 2. The molecule has 0 unspecified atom stereocenters. The lowest BCUT2D eigenvalue weighted by Gasteiger charge is -2.29. The first-order valence-electron chi connectivity index (χ1n) is 14.4. The van der Waals surface area contributed by atoms with E-state index in [1.165, 1.54) is 70.3 Å². The van der Waals surface area contributed by atoms with Crippen LogP contribution in [0.15, 0.2) is 30.0 Å². The van der Waals surface area contributed by atoms with Crippen LogP contribution >= 0.6 is 0 Å². The summed E-state index contributed by atoms with van der Waals surface area (Å²) in [6.07, 6.45) is 16.4. The van der Waals surface area contributed by atoms with Crippen LogP contribution in [0.1, 0.15) is 112 Å². The Bertz CT molecular complexity index is 889. The third-order valence-electron chi connectivity index (χ3n) is 7.04. The smallest absolute Gasteiger partial charge is 0.245 e. The highest BCUT2D eigenvalue weighted by Gasteiger charge is 2.35. The molecule has 0 atom stereocenters. The third-order valence-corrected chi connectivity index (χ3v) is 11.7. The Kier molecular flexibility index (Phi) is 12.7. The molecule has 2 rings (SSSR count). The zero-order valence-corrected chi connectivity index (χ0v) is 25.8. The molecule has 0 radical (unpaired) electrons. The van der Waals surface area contributed by atoms with Gasteiger partial charge in [0.2, 0.25) is 22.4 Å². The van der Waals surface area contributed by atoms with Crippen molar-refractivity contribution in [1.29, 1.82) is 0 Å². The van der Waals surface area contributed by atoms with Crippen LogP contribution in [0, 0.1) is 0 Å². The lowest BCUT2D eigenvalue weighted by molar-refractivity contribution is 0.0943. The van der Waals surface area contributed by atoms with E-state index in [0.29, 0.717) is 16.9 Å². The van der Waals surface area contributed by atoms with Crippen LogP contribution in [-0.2, 0) is 4.43 Å². The Balaban J connectivity index is 2.01. The second-order valence-electron chi connectivity index (χ2n) is 11.6. The fourth-order valence-electron chi connectivity index (χ4n) is 4.88. The zero-order valence-electron chi connectivity index (χ0n) is 23.8. The summed E-state index contributed by atoms with van der Waals surface area (Å²) in [6, 6.07) is 7.45. The molecule has 202 valence electrons. The van der Waals surface area contributed by atoms with Crippen LogP contribution in [0.3, 0.4) is 0 Å². The molecule has 0 fully saturated rings. The van der Waals surface area contributed by atoms with Crippen molar-refractivity contribution in [2.75, 3.05) is 0 Å². The second-order valence-corrected chi connectivity index (χ2v) is 20.1. The van der Waals surface area contributed by atoms with Gasteiger partial charge in [0, 0.05) is 11.6 Å². The van der Waals surface area contributed by atoms with E-state index >= 15 is 0 Å². The van der Waals surface area contributed by atoms with E-state index in [1.54, 1.807) is 6.07 Å². The van der Waals surface area contributed by atoms with Gasteiger partial charge in [-0.05, 0) is 50.4 Å².